The van der Waals surface area contributed by atoms with Crippen molar-refractivity contribution in [1.82, 2.24) is 0 Å². The summed E-state index contributed by atoms with van der Waals surface area (Å²) in [6.07, 6.45) is 0. The maximum Gasteiger partial charge on any atom is 0.349 e. The molecule has 10 nitrogen and oxygen atoms in total. The smallest absolute Gasteiger partial charge is 0.349 e. The normalized spacial score (nSPS) is 10.4. The van der Waals surface area contributed by atoms with Crippen molar-refractivity contribution < 1.29 is 46.5 Å². The van der Waals surface area contributed by atoms with Gasteiger partial charge in [-0.25, -0.2) is 27.6 Å². The first-order chi connectivity index (χ1) is 18.6. The molecule has 2 amide bonds. The van der Waals surface area contributed by atoms with Crippen molar-refractivity contribution in [1.29, 1.82) is 0 Å². The van der Waals surface area contributed by atoms with Crippen LogP contribution in [0.1, 0.15) is 32.5 Å². The minimum absolute atomic E-state index is 0.0155. The van der Waals surface area contributed by atoms with Gasteiger partial charge < -0.3 is 34.9 Å². The lowest BCUT2D eigenvalue weighted by atomic mass is 10.1. The Morgan fingerprint density at radius 3 is 2.21 bits per heavy atom. The summed E-state index contributed by atoms with van der Waals surface area (Å²) in [6, 6.07) is 3.43. The highest BCUT2D eigenvalue weighted by Crippen LogP contribution is 2.33. The number of ether oxygens (including phenoxy) is 4. The molecule has 0 spiro atoms. The Balaban J connectivity index is 1.85. The fraction of sp³-hybridized carbons (Fsp3) is 0.240. The van der Waals surface area contributed by atoms with Crippen molar-refractivity contribution in [2.75, 3.05) is 43.9 Å². The molecular weight excluding hydrogens is 543 g/mol. The van der Waals surface area contributed by atoms with Crippen LogP contribution < -0.4 is 25.4 Å². The van der Waals surface area contributed by atoms with Crippen LogP contribution in [-0.2, 0) is 16.0 Å². The Morgan fingerprint density at radius 2 is 1.56 bits per heavy atom. The summed E-state index contributed by atoms with van der Waals surface area (Å²) in [4.78, 5) is 36.8. The van der Waals surface area contributed by atoms with Crippen molar-refractivity contribution in [3.05, 3.63) is 63.1 Å². The summed E-state index contributed by atoms with van der Waals surface area (Å²) in [5.74, 6) is -4.65. The van der Waals surface area contributed by atoms with Crippen molar-refractivity contribution in [3.8, 4) is 11.5 Å². The van der Waals surface area contributed by atoms with Gasteiger partial charge in [-0.2, -0.15) is 0 Å². The number of carbonyl (C=O) groups is 3. The van der Waals surface area contributed by atoms with Gasteiger partial charge in [0.05, 0.1) is 50.6 Å². The first kappa shape index (κ1) is 29.1. The number of hydrogen-bond donors (Lipinski definition) is 3. The second-order valence-corrected chi connectivity index (χ2v) is 8.45. The highest BCUT2D eigenvalue weighted by molar-refractivity contribution is 7.13. The van der Waals surface area contributed by atoms with E-state index in [1.807, 2.05) is 0 Å². The number of halogens is 3. The van der Waals surface area contributed by atoms with Crippen molar-refractivity contribution in [2.24, 2.45) is 0 Å². The van der Waals surface area contributed by atoms with Gasteiger partial charge >= 0.3 is 18.0 Å². The lowest BCUT2D eigenvalue weighted by molar-refractivity contribution is 0.0561. The Morgan fingerprint density at radius 1 is 0.872 bits per heavy atom. The number of carbonyl (C=O) groups excluding carboxylic acids is 3. The molecule has 0 aliphatic rings. The molecule has 0 unspecified atom stereocenters. The van der Waals surface area contributed by atoms with Crippen LogP contribution in [0.4, 0.5) is 35.0 Å². The van der Waals surface area contributed by atoms with Crippen molar-refractivity contribution in [3.63, 3.8) is 0 Å². The number of urea groups is 1. The number of esters is 2. The molecule has 1 aromatic heterocycles. The Bertz CT molecular complexity index is 1400. The fourth-order valence-electron chi connectivity index (χ4n) is 3.45. The third-order valence-electron chi connectivity index (χ3n) is 5.25. The molecule has 0 saturated carbocycles. The maximum atomic E-state index is 14.8. The minimum atomic E-state index is -1.12. The van der Waals surface area contributed by atoms with E-state index in [9.17, 15) is 27.6 Å². The van der Waals surface area contributed by atoms with Gasteiger partial charge in [0.25, 0.3) is 0 Å². The molecule has 0 atom stereocenters. The Kier molecular flexibility index (Phi) is 9.60. The van der Waals surface area contributed by atoms with Crippen LogP contribution in [0, 0.1) is 17.5 Å². The molecule has 14 heteroatoms. The molecule has 0 aliphatic carbocycles. The molecule has 0 bridgehead atoms. The van der Waals surface area contributed by atoms with Gasteiger partial charge in [0.2, 0.25) is 0 Å². The quantitative estimate of drug-likeness (QED) is 0.278. The van der Waals surface area contributed by atoms with Crippen LogP contribution in [0.15, 0.2) is 29.6 Å². The van der Waals surface area contributed by atoms with E-state index in [4.69, 9.17) is 9.47 Å². The highest BCUT2D eigenvalue weighted by Gasteiger charge is 2.26. The van der Waals surface area contributed by atoms with E-state index in [2.05, 4.69) is 25.4 Å². The van der Waals surface area contributed by atoms with Crippen LogP contribution >= 0.6 is 11.3 Å². The first-order valence-corrected chi connectivity index (χ1v) is 12.1. The zero-order valence-electron chi connectivity index (χ0n) is 21.2. The van der Waals surface area contributed by atoms with Crippen LogP contribution in [0.2, 0.25) is 0 Å². The predicted octanol–water partition coefficient (Wildman–Crippen LogP) is 5.40. The lowest BCUT2D eigenvalue weighted by Gasteiger charge is -2.17. The predicted molar refractivity (Wildman–Crippen MR) is 137 cm³/mol. The number of benzene rings is 2. The molecule has 3 aromatic rings. The number of anilines is 3. The molecule has 1 heterocycles. The third-order valence-corrected chi connectivity index (χ3v) is 6.21. The summed E-state index contributed by atoms with van der Waals surface area (Å²) in [5, 5.41) is 8.81. The average Bonchev–Trinajstić information content (AvgIpc) is 3.34. The number of hydrogen-bond acceptors (Lipinski definition) is 9. The highest BCUT2D eigenvalue weighted by atomic mass is 32.1. The maximum absolute atomic E-state index is 14.8. The van der Waals surface area contributed by atoms with Gasteiger partial charge in [0.15, 0.2) is 17.5 Å². The summed E-state index contributed by atoms with van der Waals surface area (Å²) < 4.78 is 62.9. The number of thiophene rings is 1. The summed E-state index contributed by atoms with van der Waals surface area (Å²) >= 11 is 0.836. The topological polar surface area (TPSA) is 124 Å². The van der Waals surface area contributed by atoms with Crippen LogP contribution in [-0.4, -0.2) is 45.9 Å². The van der Waals surface area contributed by atoms with E-state index < -0.39 is 35.4 Å². The summed E-state index contributed by atoms with van der Waals surface area (Å²) in [7, 11) is 3.50. The fourth-order valence-corrected chi connectivity index (χ4v) is 4.35. The lowest BCUT2D eigenvalue weighted by Crippen LogP contribution is -2.22. The van der Waals surface area contributed by atoms with Crippen molar-refractivity contribution in [2.45, 2.75) is 13.5 Å². The standard InChI is InChI=1S/C25H24F3N3O7S/c1-5-38-18-7-6-13(26)21(28)12(18)10-29-16-9-15(14(27)8-19(16)35-2)30-25(34)31-17-11-39-22(24(33)37-4)20(17)23(32)36-3/h6-9,11,29H,5,10H2,1-4H3,(H2,30,31,34). The first-order valence-electron chi connectivity index (χ1n) is 11.2. The summed E-state index contributed by atoms with van der Waals surface area (Å²) in [5.41, 5.74) is -0.585. The Hall–Kier alpha value is -4.46. The number of rotatable bonds is 10. The number of amides is 2. The molecular formula is C25H24F3N3O7S. The van der Waals surface area contributed by atoms with E-state index in [0.29, 0.717) is 0 Å². The summed E-state index contributed by atoms with van der Waals surface area (Å²) in [6.45, 7) is 1.63. The van der Waals surface area contributed by atoms with Crippen LogP contribution in [0.3, 0.4) is 0 Å². The number of methoxy groups -OCH3 is 3. The minimum Gasteiger partial charge on any atom is -0.494 e. The van der Waals surface area contributed by atoms with Gasteiger partial charge in [-0.3, -0.25) is 0 Å². The van der Waals surface area contributed by atoms with E-state index in [1.165, 1.54) is 24.6 Å². The molecule has 0 saturated heterocycles. The van der Waals surface area contributed by atoms with E-state index >= 15 is 0 Å². The third kappa shape index (κ3) is 6.52. The van der Waals surface area contributed by atoms with Gasteiger partial charge in [-0.1, -0.05) is 0 Å². The molecule has 208 valence electrons. The molecule has 0 aliphatic heterocycles. The second kappa shape index (κ2) is 12.9. The van der Waals surface area contributed by atoms with Gasteiger partial charge in [0.1, 0.15) is 21.9 Å². The van der Waals surface area contributed by atoms with Crippen LogP contribution in [0.5, 0.6) is 11.5 Å². The Labute approximate surface area is 225 Å². The molecule has 3 N–H and O–H groups in total. The zero-order valence-corrected chi connectivity index (χ0v) is 22.0. The van der Waals surface area contributed by atoms with Gasteiger partial charge in [-0.15, -0.1) is 11.3 Å². The van der Waals surface area contributed by atoms with Crippen molar-refractivity contribution >= 4 is 46.4 Å². The zero-order chi connectivity index (χ0) is 28.7. The molecule has 39 heavy (non-hydrogen) atoms. The van der Waals surface area contributed by atoms with E-state index in [1.54, 1.807) is 6.92 Å². The monoisotopic (exact) mass is 567 g/mol. The molecule has 0 fully saturated rings. The molecule has 2 aromatic carbocycles. The van der Waals surface area contributed by atoms with E-state index in [-0.39, 0.29) is 57.7 Å². The largest absolute Gasteiger partial charge is 0.494 e. The number of nitrogens with one attached hydrogen (secondary N) is 3. The second-order valence-electron chi connectivity index (χ2n) is 7.57. The molecule has 3 rings (SSSR count). The SMILES string of the molecule is CCOc1ccc(F)c(F)c1CNc1cc(NC(=O)Nc2csc(C(=O)OC)c2C(=O)OC)c(F)cc1OC. The van der Waals surface area contributed by atoms with Gasteiger partial charge in [-0.05, 0) is 25.1 Å². The van der Waals surface area contributed by atoms with Crippen LogP contribution in [0.25, 0.3) is 0 Å². The average molecular weight is 568 g/mol. The van der Waals surface area contributed by atoms with E-state index in [0.717, 1.165) is 37.7 Å². The molecule has 0 radical (unpaired) electrons. The van der Waals surface area contributed by atoms with Gasteiger partial charge in [0, 0.05) is 18.0 Å².